The Morgan fingerprint density at radius 2 is 2.00 bits per heavy atom. The van der Waals surface area contributed by atoms with Gasteiger partial charge in [0.25, 0.3) is 0 Å². The van der Waals surface area contributed by atoms with Crippen molar-refractivity contribution in [1.29, 1.82) is 0 Å². The fourth-order valence-corrected chi connectivity index (χ4v) is 4.18. The third kappa shape index (κ3) is 4.05. The quantitative estimate of drug-likeness (QED) is 0.493. The second-order valence-electron chi connectivity index (χ2n) is 7.90. The summed E-state index contributed by atoms with van der Waals surface area (Å²) in [6, 6.07) is 14.2. The van der Waals surface area contributed by atoms with Gasteiger partial charge in [0.15, 0.2) is 0 Å². The Bertz CT molecular complexity index is 1220. The largest absolute Gasteiger partial charge is 0.341 e. The summed E-state index contributed by atoms with van der Waals surface area (Å²) in [6.45, 7) is 1.65. The Balaban J connectivity index is 1.23. The number of benzene rings is 2. The average Bonchev–Trinajstić information content (AvgIpc) is 3.42. The third-order valence-electron chi connectivity index (χ3n) is 5.75. The van der Waals surface area contributed by atoms with Gasteiger partial charge in [-0.2, -0.15) is 4.98 Å². The number of para-hydroxylation sites is 2. The van der Waals surface area contributed by atoms with Crippen LogP contribution in [0.2, 0.25) is 0 Å². The van der Waals surface area contributed by atoms with Gasteiger partial charge in [0, 0.05) is 19.5 Å². The summed E-state index contributed by atoms with van der Waals surface area (Å²) in [5, 5.41) is 3.93. The first-order valence-corrected chi connectivity index (χ1v) is 10.4. The molecule has 31 heavy (non-hydrogen) atoms. The van der Waals surface area contributed by atoms with Gasteiger partial charge in [-0.15, -0.1) is 0 Å². The van der Waals surface area contributed by atoms with Crippen LogP contribution in [0.4, 0.5) is 4.39 Å². The van der Waals surface area contributed by atoms with Crippen LogP contribution in [-0.2, 0) is 17.8 Å². The number of imidazole rings is 1. The number of nitrogens with zero attached hydrogens (tertiary/aromatic N) is 5. The molecule has 1 saturated heterocycles. The third-order valence-corrected chi connectivity index (χ3v) is 5.75. The van der Waals surface area contributed by atoms with Gasteiger partial charge in [0.1, 0.15) is 12.4 Å². The lowest BCUT2D eigenvalue weighted by atomic mass is 9.94. The zero-order valence-electron chi connectivity index (χ0n) is 16.9. The van der Waals surface area contributed by atoms with E-state index in [-0.39, 0.29) is 30.0 Å². The zero-order valence-corrected chi connectivity index (χ0v) is 16.9. The summed E-state index contributed by atoms with van der Waals surface area (Å²) in [5.41, 5.74) is 2.16. The van der Waals surface area contributed by atoms with Crippen molar-refractivity contribution in [3.05, 3.63) is 66.6 Å². The van der Waals surface area contributed by atoms with Crippen LogP contribution >= 0.6 is 0 Å². The highest BCUT2D eigenvalue weighted by molar-refractivity contribution is 5.80. The molecule has 1 atom stereocenters. The number of halogens is 1. The van der Waals surface area contributed by atoms with Crippen LogP contribution in [0.3, 0.4) is 0 Å². The number of amides is 1. The Hall–Kier alpha value is -3.55. The molecule has 0 spiro atoms. The number of hydrogen-bond donors (Lipinski definition) is 0. The van der Waals surface area contributed by atoms with Crippen molar-refractivity contribution in [1.82, 2.24) is 24.6 Å². The van der Waals surface area contributed by atoms with E-state index in [2.05, 4.69) is 15.1 Å². The van der Waals surface area contributed by atoms with Crippen molar-refractivity contribution in [3.63, 3.8) is 0 Å². The highest BCUT2D eigenvalue weighted by atomic mass is 19.1. The predicted molar refractivity (Wildman–Crippen MR) is 112 cm³/mol. The van der Waals surface area contributed by atoms with Gasteiger partial charge in [0.2, 0.25) is 17.6 Å². The molecular formula is C23H22FN5O2. The molecule has 1 aliphatic rings. The minimum Gasteiger partial charge on any atom is -0.341 e. The molecule has 8 heteroatoms. The van der Waals surface area contributed by atoms with Crippen molar-refractivity contribution < 1.29 is 13.7 Å². The number of piperidine rings is 1. The molecule has 4 aromatic rings. The molecule has 0 saturated carbocycles. The number of fused-ring (bicyclic) bond motifs is 1. The highest BCUT2D eigenvalue weighted by Gasteiger charge is 2.26. The van der Waals surface area contributed by atoms with E-state index in [4.69, 9.17) is 4.52 Å². The standard InChI is InChI=1S/C23H22FN5O2/c24-18-8-2-1-7-17(18)23-26-21(31-27-23)12-16-6-5-11-28(13-16)22(30)14-29-15-25-19-9-3-4-10-20(19)29/h1-4,7-10,15-16H,5-6,11-14H2. The average molecular weight is 419 g/mol. The van der Waals surface area contributed by atoms with Gasteiger partial charge < -0.3 is 14.0 Å². The van der Waals surface area contributed by atoms with Crippen LogP contribution in [0.25, 0.3) is 22.4 Å². The van der Waals surface area contributed by atoms with E-state index in [1.165, 1.54) is 6.07 Å². The molecule has 5 rings (SSSR count). The molecule has 0 N–H and O–H groups in total. The summed E-state index contributed by atoms with van der Waals surface area (Å²) in [4.78, 5) is 23.5. The van der Waals surface area contributed by atoms with Crippen molar-refractivity contribution in [2.75, 3.05) is 13.1 Å². The molecule has 3 heterocycles. The second kappa shape index (κ2) is 8.29. The van der Waals surface area contributed by atoms with Crippen molar-refractivity contribution >= 4 is 16.9 Å². The topological polar surface area (TPSA) is 77.1 Å². The van der Waals surface area contributed by atoms with Crippen LogP contribution in [-0.4, -0.2) is 43.6 Å². The molecule has 158 valence electrons. The van der Waals surface area contributed by atoms with E-state index >= 15 is 0 Å². The van der Waals surface area contributed by atoms with E-state index in [9.17, 15) is 9.18 Å². The van der Waals surface area contributed by atoms with Crippen molar-refractivity contribution in [3.8, 4) is 11.4 Å². The van der Waals surface area contributed by atoms with Crippen LogP contribution in [0.15, 0.2) is 59.4 Å². The lowest BCUT2D eigenvalue weighted by Gasteiger charge is -2.32. The number of rotatable bonds is 5. The van der Waals surface area contributed by atoms with Gasteiger partial charge in [0.05, 0.1) is 22.9 Å². The number of carbonyl (C=O) groups excluding carboxylic acids is 1. The molecule has 1 aliphatic heterocycles. The summed E-state index contributed by atoms with van der Waals surface area (Å²) in [5.74, 6) is 0.648. The Morgan fingerprint density at radius 3 is 2.90 bits per heavy atom. The summed E-state index contributed by atoms with van der Waals surface area (Å²) < 4.78 is 21.2. The molecule has 7 nitrogen and oxygen atoms in total. The maximum Gasteiger partial charge on any atom is 0.242 e. The minimum atomic E-state index is -0.378. The Kier molecular flexibility index (Phi) is 5.19. The second-order valence-corrected chi connectivity index (χ2v) is 7.90. The maximum absolute atomic E-state index is 14.0. The van der Waals surface area contributed by atoms with E-state index in [0.29, 0.717) is 24.4 Å². The van der Waals surface area contributed by atoms with Gasteiger partial charge >= 0.3 is 0 Å². The number of aromatic nitrogens is 4. The first-order valence-electron chi connectivity index (χ1n) is 10.4. The smallest absolute Gasteiger partial charge is 0.242 e. The number of carbonyl (C=O) groups is 1. The normalized spacial score (nSPS) is 16.7. The van der Waals surface area contributed by atoms with Crippen LogP contribution < -0.4 is 0 Å². The molecule has 1 unspecified atom stereocenters. The van der Waals surface area contributed by atoms with Crippen LogP contribution in [0.5, 0.6) is 0 Å². The summed E-state index contributed by atoms with van der Waals surface area (Å²) in [7, 11) is 0. The SMILES string of the molecule is O=C(Cn1cnc2ccccc21)N1CCCC(Cc2nc(-c3ccccc3F)no2)C1. The van der Waals surface area contributed by atoms with E-state index in [0.717, 1.165) is 30.4 Å². The van der Waals surface area contributed by atoms with Gasteiger partial charge in [-0.25, -0.2) is 9.37 Å². The molecule has 0 radical (unpaired) electrons. The predicted octanol–water partition coefficient (Wildman–Crippen LogP) is 3.71. The van der Waals surface area contributed by atoms with E-state index in [1.807, 2.05) is 33.7 Å². The lowest BCUT2D eigenvalue weighted by molar-refractivity contribution is -0.133. The van der Waals surface area contributed by atoms with Gasteiger partial charge in [-0.1, -0.05) is 29.4 Å². The maximum atomic E-state index is 14.0. The molecule has 2 aromatic carbocycles. The molecule has 1 fully saturated rings. The lowest BCUT2D eigenvalue weighted by Crippen LogP contribution is -2.42. The zero-order chi connectivity index (χ0) is 21.2. The van der Waals surface area contributed by atoms with Crippen molar-refractivity contribution in [2.45, 2.75) is 25.8 Å². The fraction of sp³-hybridized carbons (Fsp3) is 0.304. The minimum absolute atomic E-state index is 0.0745. The number of hydrogen-bond acceptors (Lipinski definition) is 5. The molecular weight excluding hydrogens is 397 g/mol. The van der Waals surface area contributed by atoms with E-state index in [1.54, 1.807) is 24.5 Å². The summed E-state index contributed by atoms with van der Waals surface area (Å²) in [6.07, 6.45) is 4.19. The summed E-state index contributed by atoms with van der Waals surface area (Å²) >= 11 is 0. The first-order chi connectivity index (χ1) is 15.2. The highest BCUT2D eigenvalue weighted by Crippen LogP contribution is 2.24. The molecule has 0 bridgehead atoms. The first kappa shape index (κ1) is 19.4. The molecule has 1 amide bonds. The fourth-order valence-electron chi connectivity index (χ4n) is 4.18. The van der Waals surface area contributed by atoms with Crippen LogP contribution in [0, 0.1) is 11.7 Å². The van der Waals surface area contributed by atoms with Gasteiger partial charge in [-0.3, -0.25) is 4.79 Å². The van der Waals surface area contributed by atoms with E-state index < -0.39 is 0 Å². The van der Waals surface area contributed by atoms with Gasteiger partial charge in [-0.05, 0) is 43.0 Å². The molecule has 2 aromatic heterocycles. The Labute approximate surface area is 178 Å². The molecule has 0 aliphatic carbocycles. The number of likely N-dealkylation sites (tertiary alicyclic amines) is 1. The monoisotopic (exact) mass is 419 g/mol. The van der Waals surface area contributed by atoms with Crippen molar-refractivity contribution in [2.24, 2.45) is 5.92 Å². The Morgan fingerprint density at radius 1 is 1.16 bits per heavy atom. The van der Waals surface area contributed by atoms with Crippen LogP contribution in [0.1, 0.15) is 18.7 Å².